The van der Waals surface area contributed by atoms with Crippen molar-refractivity contribution < 1.29 is 17.9 Å². The Hall–Kier alpha value is -1.81. The van der Waals surface area contributed by atoms with Crippen LogP contribution >= 0.6 is 0 Å². The van der Waals surface area contributed by atoms with Crippen molar-refractivity contribution in [2.45, 2.75) is 38.8 Å². The van der Waals surface area contributed by atoms with Gasteiger partial charge in [0.05, 0.1) is 17.9 Å². The van der Waals surface area contributed by atoms with Crippen LogP contribution in [-0.4, -0.2) is 61.0 Å². The molecule has 1 atom stereocenters. The van der Waals surface area contributed by atoms with E-state index in [0.29, 0.717) is 18.7 Å². The minimum absolute atomic E-state index is 0.279. The molecule has 0 spiro atoms. The third-order valence-electron chi connectivity index (χ3n) is 3.51. The van der Waals surface area contributed by atoms with E-state index in [1.807, 2.05) is 16.7 Å². The maximum atomic E-state index is 12.8. The third kappa shape index (κ3) is 4.60. The van der Waals surface area contributed by atoms with E-state index in [1.54, 1.807) is 34.0 Å². The van der Waals surface area contributed by atoms with Crippen LogP contribution in [0.25, 0.3) is 0 Å². The monoisotopic (exact) mass is 359 g/mol. The highest BCUT2D eigenvalue weighted by molar-refractivity contribution is 7.91. The van der Waals surface area contributed by atoms with Crippen LogP contribution in [0.5, 0.6) is 0 Å². The molecule has 1 aliphatic heterocycles. The summed E-state index contributed by atoms with van der Waals surface area (Å²) in [5, 5.41) is 4.03. The lowest BCUT2D eigenvalue weighted by Gasteiger charge is -2.29. The molecule has 1 aliphatic rings. The summed E-state index contributed by atoms with van der Waals surface area (Å²) < 4.78 is 35.4. The van der Waals surface area contributed by atoms with E-state index in [2.05, 4.69) is 5.10 Å². The van der Waals surface area contributed by atoms with E-state index in [9.17, 15) is 13.2 Å². The average Bonchev–Trinajstić information content (AvgIpc) is 2.95. The summed E-state index contributed by atoms with van der Waals surface area (Å²) in [6, 6.07) is -0.279. The van der Waals surface area contributed by atoms with Crippen molar-refractivity contribution in [3.8, 4) is 0 Å². The summed E-state index contributed by atoms with van der Waals surface area (Å²) >= 11 is 0. The van der Waals surface area contributed by atoms with Crippen LogP contribution in [0.2, 0.25) is 0 Å². The fraction of sp³-hybridized carbons (Fsp3) is 0.714. The quantitative estimate of drug-likeness (QED) is 0.850. The van der Waals surface area contributed by atoms with E-state index in [-0.39, 0.29) is 6.04 Å². The minimum Gasteiger partial charge on any atom is -0.443 e. The lowest BCUT2D eigenvalue weighted by Crippen LogP contribution is -2.50. The van der Waals surface area contributed by atoms with Crippen molar-refractivity contribution >= 4 is 22.0 Å². The highest BCUT2D eigenvalue weighted by atomic mass is 32.2. The molecule has 0 aliphatic carbocycles. The summed E-state index contributed by atoms with van der Waals surface area (Å²) in [7, 11) is -0.481. The van der Waals surface area contributed by atoms with Gasteiger partial charge in [0.2, 0.25) is 0 Å². The number of carbonyl (C=O) groups is 1. The zero-order valence-electron chi connectivity index (χ0n) is 14.7. The number of aromatic nitrogens is 2. The predicted octanol–water partition coefficient (Wildman–Crippen LogP) is 0.700. The number of amides is 1. The number of nitrogens with zero attached hydrogens (tertiary/aromatic N) is 4. The summed E-state index contributed by atoms with van der Waals surface area (Å²) in [6.07, 6.45) is 2.74. The van der Waals surface area contributed by atoms with Gasteiger partial charge in [0, 0.05) is 19.8 Å². The Morgan fingerprint density at radius 1 is 1.42 bits per heavy atom. The number of nitrogens with one attached hydrogen (secondary N) is 1. The Morgan fingerprint density at radius 3 is 2.54 bits per heavy atom. The highest BCUT2D eigenvalue weighted by Gasteiger charge is 2.36. The number of likely N-dealkylation sites (N-methyl/N-ethyl adjacent to an activating group) is 1. The summed E-state index contributed by atoms with van der Waals surface area (Å²) in [5.41, 5.74) is -0.374. The van der Waals surface area contributed by atoms with Crippen LogP contribution < -0.4 is 9.03 Å². The van der Waals surface area contributed by atoms with Gasteiger partial charge in [-0.2, -0.15) is 13.5 Å². The topological polar surface area (TPSA) is 96.8 Å². The van der Waals surface area contributed by atoms with E-state index < -0.39 is 21.9 Å². The zero-order valence-corrected chi connectivity index (χ0v) is 15.5. The Bertz CT molecular complexity index is 694. The molecule has 0 unspecified atom stereocenters. The van der Waals surface area contributed by atoms with Gasteiger partial charge in [-0.25, -0.2) is 13.8 Å². The first-order chi connectivity index (χ1) is 11.0. The third-order valence-corrected chi connectivity index (χ3v) is 4.97. The van der Waals surface area contributed by atoms with Crippen LogP contribution in [0, 0.1) is 0 Å². The molecule has 10 heteroatoms. The van der Waals surface area contributed by atoms with Gasteiger partial charge in [-0.1, -0.05) is 0 Å². The number of likely N-dealkylation sites (tertiary alicyclic amines) is 1. The molecule has 1 aromatic heterocycles. The molecule has 0 bridgehead atoms. The molecule has 136 valence electrons. The van der Waals surface area contributed by atoms with Crippen LogP contribution in [0.15, 0.2) is 12.4 Å². The molecule has 1 amide bonds. The van der Waals surface area contributed by atoms with Crippen LogP contribution in [-0.2, 0) is 22.0 Å². The number of carbonyl (C=O) groups excluding carboxylic acids is 1. The Morgan fingerprint density at radius 2 is 2.08 bits per heavy atom. The number of hydrogen-bond acceptors (Lipinski definition) is 6. The largest absolute Gasteiger partial charge is 0.443 e. The smallest absolute Gasteiger partial charge is 0.422 e. The number of hydrogen-bond donors (Lipinski definition) is 1. The molecule has 0 radical (unpaired) electrons. The maximum Gasteiger partial charge on any atom is 0.422 e. The molecule has 0 saturated carbocycles. The average molecular weight is 359 g/mol. The number of aryl methyl sites for hydroxylation is 1. The second-order valence-corrected chi connectivity index (χ2v) is 8.53. The number of anilines is 1. The van der Waals surface area contributed by atoms with Crippen molar-refractivity contribution in [3.63, 3.8) is 0 Å². The van der Waals surface area contributed by atoms with Crippen molar-refractivity contribution in [1.29, 1.82) is 0 Å². The summed E-state index contributed by atoms with van der Waals surface area (Å²) in [4.78, 5) is 14.0. The van der Waals surface area contributed by atoms with Gasteiger partial charge in [-0.15, -0.1) is 0 Å². The summed E-state index contributed by atoms with van der Waals surface area (Å²) in [5.74, 6) is 0. The zero-order chi connectivity index (χ0) is 18.1. The molecule has 1 N–H and O–H groups in total. The molecule has 0 aromatic carbocycles. The Kier molecular flexibility index (Phi) is 5.09. The lowest BCUT2D eigenvalue weighted by atomic mass is 10.2. The fourth-order valence-electron chi connectivity index (χ4n) is 2.62. The van der Waals surface area contributed by atoms with Crippen molar-refractivity contribution in [2.75, 3.05) is 24.4 Å². The first-order valence-corrected chi connectivity index (χ1v) is 9.14. The van der Waals surface area contributed by atoms with E-state index in [0.717, 1.165) is 6.54 Å². The first kappa shape index (κ1) is 18.5. The first-order valence-electron chi connectivity index (χ1n) is 7.70. The van der Waals surface area contributed by atoms with Gasteiger partial charge in [-0.05, 0) is 40.8 Å². The van der Waals surface area contributed by atoms with Gasteiger partial charge in [-0.3, -0.25) is 4.68 Å². The van der Waals surface area contributed by atoms with Crippen molar-refractivity contribution in [3.05, 3.63) is 12.4 Å². The predicted molar refractivity (Wildman–Crippen MR) is 89.9 cm³/mol. The lowest BCUT2D eigenvalue weighted by molar-refractivity contribution is 0.0570. The van der Waals surface area contributed by atoms with Gasteiger partial charge in [0.25, 0.3) is 0 Å². The number of ether oxygens (including phenoxy) is 1. The van der Waals surface area contributed by atoms with Crippen LogP contribution in [0.3, 0.4) is 0 Å². The summed E-state index contributed by atoms with van der Waals surface area (Å²) in [6.45, 7) is 6.37. The molecule has 9 nitrogen and oxygen atoms in total. The maximum absolute atomic E-state index is 12.8. The van der Waals surface area contributed by atoms with E-state index in [1.165, 1.54) is 15.2 Å². The molecular weight excluding hydrogens is 334 g/mol. The normalized spacial score (nSPS) is 19.3. The molecule has 1 aromatic rings. The molecule has 1 saturated heterocycles. The SMILES string of the molecule is CN1CC[C@H](N(c2cnn(C)c2)S(=O)(=O)NC(=O)OC(C)(C)C)C1. The Balaban J connectivity index is 2.27. The van der Waals surface area contributed by atoms with Crippen molar-refractivity contribution in [2.24, 2.45) is 7.05 Å². The Labute approximate surface area is 142 Å². The number of rotatable bonds is 4. The highest BCUT2D eigenvalue weighted by Crippen LogP contribution is 2.25. The standard InChI is InChI=1S/C14H25N5O4S/c1-14(2,3)23-13(20)16-24(21,22)19(11-6-7-17(4)9-11)12-8-15-18(5)10-12/h8,10-11H,6-7,9H2,1-5H3,(H,16,20)/t11-/m0/s1. The fourth-order valence-corrected chi connectivity index (χ4v) is 3.91. The van der Waals surface area contributed by atoms with Gasteiger partial charge in [0.1, 0.15) is 5.60 Å². The van der Waals surface area contributed by atoms with E-state index >= 15 is 0 Å². The molecular formula is C14H25N5O4S. The van der Waals surface area contributed by atoms with Gasteiger partial charge >= 0.3 is 16.3 Å². The second-order valence-electron chi connectivity index (χ2n) is 6.98. The molecule has 24 heavy (non-hydrogen) atoms. The van der Waals surface area contributed by atoms with Gasteiger partial charge < -0.3 is 9.64 Å². The molecule has 2 heterocycles. The van der Waals surface area contributed by atoms with Crippen molar-refractivity contribution in [1.82, 2.24) is 19.4 Å². The molecule has 1 fully saturated rings. The van der Waals surface area contributed by atoms with Crippen LogP contribution in [0.4, 0.5) is 10.5 Å². The van der Waals surface area contributed by atoms with E-state index in [4.69, 9.17) is 4.74 Å². The molecule has 2 rings (SSSR count). The van der Waals surface area contributed by atoms with Crippen LogP contribution in [0.1, 0.15) is 27.2 Å². The second kappa shape index (κ2) is 6.60. The minimum atomic E-state index is -4.11. The van der Waals surface area contributed by atoms with Gasteiger partial charge in [0.15, 0.2) is 0 Å².